The Morgan fingerprint density at radius 3 is 2.53 bits per heavy atom. The number of amides is 1. The fourth-order valence-electron chi connectivity index (χ4n) is 5.62. The zero-order valence-corrected chi connectivity index (χ0v) is 22.2. The van der Waals surface area contributed by atoms with Crippen molar-refractivity contribution in [2.24, 2.45) is 11.8 Å². The van der Waals surface area contributed by atoms with Gasteiger partial charge < -0.3 is 14.5 Å². The van der Waals surface area contributed by atoms with Crippen molar-refractivity contribution in [2.45, 2.75) is 70.8 Å². The monoisotopic (exact) mass is 526 g/mol. The zero-order valence-electron chi connectivity index (χ0n) is 19.8. The summed E-state index contributed by atoms with van der Waals surface area (Å²) >= 11 is 9.86. The Bertz CT molecular complexity index is 716. The maximum absolute atomic E-state index is 12.2. The van der Waals surface area contributed by atoms with Gasteiger partial charge in [-0.05, 0) is 120 Å². The van der Waals surface area contributed by atoms with Gasteiger partial charge in [0.2, 0.25) is 5.91 Å². The van der Waals surface area contributed by atoms with Crippen LogP contribution in [0.5, 0.6) is 0 Å². The summed E-state index contributed by atoms with van der Waals surface area (Å²) in [6.07, 6.45) is 11.2. The molecule has 0 atom stereocenters. The molecule has 32 heavy (non-hydrogen) atoms. The Kier molecular flexibility index (Phi) is 10.8. The molecule has 0 radical (unpaired) electrons. The fourth-order valence-corrected chi connectivity index (χ4v) is 6.22. The van der Waals surface area contributed by atoms with Gasteiger partial charge in [0, 0.05) is 29.2 Å². The topological polar surface area (TPSA) is 32.8 Å². The summed E-state index contributed by atoms with van der Waals surface area (Å²) in [5.74, 6) is 1.74. The summed E-state index contributed by atoms with van der Waals surface area (Å²) in [5.41, 5.74) is 1.34. The van der Waals surface area contributed by atoms with Crippen LogP contribution in [-0.2, 0) is 16.0 Å². The molecular weight excluding hydrogens is 488 g/mol. The van der Waals surface area contributed by atoms with E-state index in [9.17, 15) is 4.79 Å². The number of rotatable bonds is 10. The van der Waals surface area contributed by atoms with Crippen LogP contribution in [0.1, 0.15) is 63.9 Å². The van der Waals surface area contributed by atoms with E-state index in [1.807, 2.05) is 11.0 Å². The first kappa shape index (κ1) is 26.0. The predicted octanol–water partition coefficient (Wildman–Crippen LogP) is 6.19. The van der Waals surface area contributed by atoms with Crippen molar-refractivity contribution in [2.75, 3.05) is 39.9 Å². The van der Waals surface area contributed by atoms with Gasteiger partial charge in [-0.1, -0.05) is 27.5 Å². The van der Waals surface area contributed by atoms with Gasteiger partial charge in [0.05, 0.1) is 0 Å². The molecule has 4 nitrogen and oxygen atoms in total. The van der Waals surface area contributed by atoms with Crippen molar-refractivity contribution < 1.29 is 9.53 Å². The molecule has 180 valence electrons. The van der Waals surface area contributed by atoms with E-state index in [2.05, 4.69) is 39.9 Å². The summed E-state index contributed by atoms with van der Waals surface area (Å²) in [7, 11) is 1.60. The third-order valence-electron chi connectivity index (χ3n) is 7.50. The molecule has 1 aliphatic heterocycles. The van der Waals surface area contributed by atoms with Crippen LogP contribution in [0.15, 0.2) is 22.7 Å². The number of carbonyl (C=O) groups excluding carboxylic acids is 1. The first-order valence-corrected chi connectivity index (χ1v) is 13.6. The fraction of sp³-hybridized carbons (Fsp3) is 0.731. The van der Waals surface area contributed by atoms with Gasteiger partial charge >= 0.3 is 0 Å². The van der Waals surface area contributed by atoms with Gasteiger partial charge in [-0.2, -0.15) is 0 Å². The van der Waals surface area contributed by atoms with Gasteiger partial charge in [-0.25, -0.2) is 0 Å². The smallest absolute Gasteiger partial charge is 0.248 e. The number of benzene rings is 1. The van der Waals surface area contributed by atoms with E-state index in [4.69, 9.17) is 16.3 Å². The highest BCUT2D eigenvalue weighted by molar-refractivity contribution is 9.10. The maximum Gasteiger partial charge on any atom is 0.248 e. The lowest BCUT2D eigenvalue weighted by molar-refractivity contribution is -0.138. The average Bonchev–Trinajstić information content (AvgIpc) is 2.79. The minimum atomic E-state index is 0.143. The highest BCUT2D eigenvalue weighted by Crippen LogP contribution is 2.31. The SMILES string of the molecule is CCN(C(=O)COC)[C@H]1CC[C@H](CCCN2CCC(Cc3cc(Cl)ccc3Br)CC2)CC1. The van der Waals surface area contributed by atoms with Crippen LogP contribution in [0.2, 0.25) is 5.02 Å². The third kappa shape index (κ3) is 7.72. The molecule has 1 saturated carbocycles. The van der Waals surface area contributed by atoms with E-state index in [1.165, 1.54) is 68.2 Å². The Morgan fingerprint density at radius 2 is 1.88 bits per heavy atom. The Morgan fingerprint density at radius 1 is 1.16 bits per heavy atom. The molecule has 2 fully saturated rings. The average molecular weight is 528 g/mol. The minimum Gasteiger partial charge on any atom is -0.375 e. The van der Waals surface area contributed by atoms with Gasteiger partial charge in [-0.15, -0.1) is 0 Å². The molecule has 0 unspecified atom stereocenters. The van der Waals surface area contributed by atoms with Crippen LogP contribution < -0.4 is 0 Å². The first-order chi connectivity index (χ1) is 15.5. The van der Waals surface area contributed by atoms with E-state index in [1.54, 1.807) is 7.11 Å². The number of likely N-dealkylation sites (tertiary alicyclic amines) is 1. The lowest BCUT2D eigenvalue weighted by Gasteiger charge is -2.37. The molecule has 6 heteroatoms. The van der Waals surface area contributed by atoms with Gasteiger partial charge in [0.15, 0.2) is 0 Å². The van der Waals surface area contributed by atoms with Crippen LogP contribution in [0, 0.1) is 11.8 Å². The number of piperidine rings is 1. The molecule has 1 aromatic rings. The number of methoxy groups -OCH3 is 1. The number of likely N-dealkylation sites (N-methyl/N-ethyl adjacent to an activating group) is 1. The Balaban J connectivity index is 1.31. The predicted molar refractivity (Wildman–Crippen MR) is 136 cm³/mol. The van der Waals surface area contributed by atoms with E-state index in [-0.39, 0.29) is 12.5 Å². The molecule has 1 aromatic carbocycles. The second kappa shape index (κ2) is 13.3. The van der Waals surface area contributed by atoms with E-state index in [0.29, 0.717) is 6.04 Å². The second-order valence-corrected chi connectivity index (χ2v) is 10.9. The van der Waals surface area contributed by atoms with Gasteiger partial charge in [-0.3, -0.25) is 4.79 Å². The van der Waals surface area contributed by atoms with E-state index < -0.39 is 0 Å². The number of carbonyl (C=O) groups is 1. The van der Waals surface area contributed by atoms with Crippen molar-refractivity contribution in [3.05, 3.63) is 33.3 Å². The molecule has 0 spiro atoms. The lowest BCUT2D eigenvalue weighted by atomic mass is 9.82. The summed E-state index contributed by atoms with van der Waals surface area (Å²) in [6.45, 7) is 6.77. The molecule has 3 rings (SSSR count). The number of halogens is 2. The third-order valence-corrected chi connectivity index (χ3v) is 8.50. The second-order valence-electron chi connectivity index (χ2n) is 9.65. The molecular formula is C26H40BrClN2O2. The Labute approximate surface area is 208 Å². The molecule has 1 aliphatic carbocycles. The molecule has 1 saturated heterocycles. The standard InChI is InChI=1S/C26H40BrClN2O2/c1-3-30(26(31)19-32-2)24-9-6-20(7-10-24)5-4-14-29-15-12-21(13-16-29)17-22-18-23(28)8-11-25(22)27/h8,11,18,20-21,24H,3-7,9-10,12-17,19H2,1-2H3/t20-,24-. The van der Waals surface area contributed by atoms with Crippen LogP contribution in [-0.4, -0.2) is 61.6 Å². The van der Waals surface area contributed by atoms with Crippen LogP contribution in [0.4, 0.5) is 0 Å². The van der Waals surface area contributed by atoms with Crippen molar-refractivity contribution in [3.63, 3.8) is 0 Å². The summed E-state index contributed by atoms with van der Waals surface area (Å²) in [4.78, 5) is 16.9. The zero-order chi connectivity index (χ0) is 22.9. The van der Waals surface area contributed by atoms with Crippen molar-refractivity contribution in [1.29, 1.82) is 0 Å². The number of nitrogens with zero attached hydrogens (tertiary/aromatic N) is 2. The van der Waals surface area contributed by atoms with Crippen molar-refractivity contribution in [3.8, 4) is 0 Å². The first-order valence-electron chi connectivity index (χ1n) is 12.4. The highest BCUT2D eigenvalue weighted by Gasteiger charge is 2.28. The van der Waals surface area contributed by atoms with Crippen molar-refractivity contribution >= 4 is 33.4 Å². The number of hydrogen-bond donors (Lipinski definition) is 0. The largest absolute Gasteiger partial charge is 0.375 e. The van der Waals surface area contributed by atoms with Gasteiger partial charge in [0.1, 0.15) is 6.61 Å². The van der Waals surface area contributed by atoms with E-state index in [0.717, 1.165) is 42.7 Å². The number of ether oxygens (including phenoxy) is 1. The molecule has 2 aliphatic rings. The lowest BCUT2D eigenvalue weighted by Crippen LogP contribution is -2.43. The van der Waals surface area contributed by atoms with E-state index >= 15 is 0 Å². The molecule has 0 N–H and O–H groups in total. The number of hydrogen-bond acceptors (Lipinski definition) is 3. The summed E-state index contributed by atoms with van der Waals surface area (Å²) in [5, 5.41) is 0.832. The molecule has 1 amide bonds. The highest BCUT2D eigenvalue weighted by atomic mass is 79.9. The quantitative estimate of drug-likeness (QED) is 0.364. The normalized spacial score (nSPS) is 22.8. The molecule has 0 bridgehead atoms. The molecule has 1 heterocycles. The summed E-state index contributed by atoms with van der Waals surface area (Å²) in [6, 6.07) is 6.54. The van der Waals surface area contributed by atoms with Crippen molar-refractivity contribution in [1.82, 2.24) is 9.80 Å². The molecule has 0 aromatic heterocycles. The summed E-state index contributed by atoms with van der Waals surface area (Å²) < 4.78 is 6.24. The van der Waals surface area contributed by atoms with Gasteiger partial charge in [0.25, 0.3) is 0 Å². The van der Waals surface area contributed by atoms with Crippen LogP contribution >= 0.6 is 27.5 Å². The maximum atomic E-state index is 12.2. The minimum absolute atomic E-state index is 0.143. The van der Waals surface area contributed by atoms with Crippen LogP contribution in [0.25, 0.3) is 0 Å². The Hall–Kier alpha value is -0.620. The van der Waals surface area contributed by atoms with Crippen LogP contribution in [0.3, 0.4) is 0 Å².